The van der Waals surface area contributed by atoms with Gasteiger partial charge in [0.1, 0.15) is 12.4 Å². The minimum Gasteiger partial charge on any atom is -0.487 e. The number of hydrogen-bond donors (Lipinski definition) is 0. The number of imide groups is 1. The van der Waals surface area contributed by atoms with Crippen LogP contribution in [-0.4, -0.2) is 23.0 Å². The number of fused-ring (bicyclic) bond motifs is 1. The first-order valence-electron chi connectivity index (χ1n) is 10.4. The fraction of sp³-hybridized carbons (Fsp3) is 0.292. The third-order valence-electron chi connectivity index (χ3n) is 6.41. The fourth-order valence-electron chi connectivity index (χ4n) is 4.85. The molecule has 0 spiro atoms. The Morgan fingerprint density at radius 3 is 2.19 bits per heavy atom. The maximum atomic E-state index is 12.9. The molecule has 0 N–H and O–H groups in total. The van der Waals surface area contributed by atoms with Gasteiger partial charge < -0.3 is 4.74 Å². The minimum atomic E-state index is -0.246. The summed E-state index contributed by atoms with van der Waals surface area (Å²) < 4.78 is 7.86. The van der Waals surface area contributed by atoms with Crippen LogP contribution in [0.15, 0.2) is 53.7 Å². The van der Waals surface area contributed by atoms with Crippen molar-refractivity contribution < 1.29 is 14.3 Å². The first-order chi connectivity index (χ1) is 15.4. The van der Waals surface area contributed by atoms with Crippen LogP contribution in [0, 0.1) is 30.8 Å². The molecular formula is C24H19ClI2N2O3. The number of hydrazone groups is 1. The summed E-state index contributed by atoms with van der Waals surface area (Å²) in [6, 6.07) is 11.5. The predicted molar refractivity (Wildman–Crippen MR) is 139 cm³/mol. The quantitative estimate of drug-likeness (QED) is 0.179. The molecule has 8 heteroatoms. The van der Waals surface area contributed by atoms with Gasteiger partial charge in [0, 0.05) is 10.6 Å². The molecule has 0 radical (unpaired) electrons. The molecule has 2 amide bonds. The summed E-state index contributed by atoms with van der Waals surface area (Å²) in [5, 5.41) is 6.07. The van der Waals surface area contributed by atoms with Crippen molar-refractivity contribution in [1.29, 1.82) is 0 Å². The number of halogens is 3. The van der Waals surface area contributed by atoms with Gasteiger partial charge in [0.05, 0.1) is 25.2 Å². The molecule has 3 aliphatic carbocycles. The molecule has 0 unspecified atom stereocenters. The molecule has 32 heavy (non-hydrogen) atoms. The number of carbonyl (C=O) groups excluding carboxylic acids is 2. The van der Waals surface area contributed by atoms with Gasteiger partial charge in [0.2, 0.25) is 0 Å². The second-order valence-electron chi connectivity index (χ2n) is 8.27. The van der Waals surface area contributed by atoms with E-state index < -0.39 is 0 Å². The highest BCUT2D eigenvalue weighted by molar-refractivity contribution is 14.1. The Bertz CT molecular complexity index is 1110. The smallest absolute Gasteiger partial charge is 0.254 e. The summed E-state index contributed by atoms with van der Waals surface area (Å²) in [4.78, 5) is 25.8. The molecule has 1 heterocycles. The Labute approximate surface area is 218 Å². The van der Waals surface area contributed by atoms with Gasteiger partial charge in [-0.2, -0.15) is 10.1 Å². The molecular weight excluding hydrogens is 654 g/mol. The van der Waals surface area contributed by atoms with Gasteiger partial charge in [-0.3, -0.25) is 9.59 Å². The van der Waals surface area contributed by atoms with Gasteiger partial charge in [0.15, 0.2) is 0 Å². The summed E-state index contributed by atoms with van der Waals surface area (Å²) in [7, 11) is 0. The van der Waals surface area contributed by atoms with E-state index >= 15 is 0 Å². The maximum Gasteiger partial charge on any atom is 0.254 e. The highest BCUT2D eigenvalue weighted by atomic mass is 127. The van der Waals surface area contributed by atoms with Crippen LogP contribution < -0.4 is 4.74 Å². The number of nitrogens with zero attached hydrogens (tertiary/aromatic N) is 2. The molecule has 1 saturated heterocycles. The highest BCUT2D eigenvalue weighted by Crippen LogP contribution is 2.49. The third-order valence-corrected chi connectivity index (χ3v) is 8.38. The topological polar surface area (TPSA) is 59.0 Å². The molecule has 2 aromatic carbocycles. The van der Waals surface area contributed by atoms with Crippen molar-refractivity contribution in [3.05, 3.63) is 71.8 Å². The molecule has 164 valence electrons. The lowest BCUT2D eigenvalue weighted by atomic mass is 9.63. The van der Waals surface area contributed by atoms with Crippen LogP contribution in [0.3, 0.4) is 0 Å². The third kappa shape index (κ3) is 4.00. The van der Waals surface area contributed by atoms with Crippen molar-refractivity contribution in [2.24, 2.45) is 28.8 Å². The van der Waals surface area contributed by atoms with Gasteiger partial charge >= 0.3 is 0 Å². The molecule has 2 bridgehead atoms. The van der Waals surface area contributed by atoms with Crippen molar-refractivity contribution in [3.8, 4) is 5.75 Å². The van der Waals surface area contributed by atoms with E-state index in [1.165, 1.54) is 0 Å². The average molecular weight is 673 g/mol. The van der Waals surface area contributed by atoms with Gasteiger partial charge in [0.25, 0.3) is 11.8 Å². The zero-order valence-corrected chi connectivity index (χ0v) is 22.0. The van der Waals surface area contributed by atoms with Crippen molar-refractivity contribution in [2.45, 2.75) is 19.4 Å². The van der Waals surface area contributed by atoms with Crippen LogP contribution in [0.5, 0.6) is 5.75 Å². The number of allylic oxidation sites excluding steroid dienone is 2. The van der Waals surface area contributed by atoms with E-state index in [9.17, 15) is 9.59 Å². The zero-order chi connectivity index (χ0) is 22.4. The molecule has 0 aromatic heterocycles. The minimum absolute atomic E-state index is 0.165. The van der Waals surface area contributed by atoms with Crippen molar-refractivity contribution in [3.63, 3.8) is 0 Å². The van der Waals surface area contributed by atoms with E-state index in [2.05, 4.69) is 62.4 Å². The number of carbonyl (C=O) groups is 2. The van der Waals surface area contributed by atoms with E-state index in [-0.39, 0.29) is 35.5 Å². The lowest BCUT2D eigenvalue weighted by Crippen LogP contribution is -2.38. The van der Waals surface area contributed by atoms with Crippen LogP contribution in [0.25, 0.3) is 0 Å². The number of ether oxygens (including phenoxy) is 1. The fourth-order valence-corrected chi connectivity index (χ4v) is 7.17. The van der Waals surface area contributed by atoms with Crippen LogP contribution in [0.4, 0.5) is 0 Å². The molecule has 5 nitrogen and oxygen atoms in total. The number of hydrogen-bond acceptors (Lipinski definition) is 4. The first kappa shape index (κ1) is 22.3. The van der Waals surface area contributed by atoms with Crippen LogP contribution in [-0.2, 0) is 16.2 Å². The summed E-state index contributed by atoms with van der Waals surface area (Å²) in [5.74, 6) is 0.272. The van der Waals surface area contributed by atoms with E-state index in [0.29, 0.717) is 11.6 Å². The maximum absolute atomic E-state index is 12.9. The predicted octanol–water partition coefficient (Wildman–Crippen LogP) is 5.66. The highest BCUT2D eigenvalue weighted by Gasteiger charge is 2.56. The zero-order valence-electron chi connectivity index (χ0n) is 16.9. The number of rotatable bonds is 5. The average Bonchev–Trinajstić information content (AvgIpc) is 3.05. The SMILES string of the molecule is O=C1[C@H]2[C@H](C(=O)N1/N=C\c1cc(I)c(OCc3ccccc3Cl)c(I)c1)[C@H]1C=C[C@H]2CC1. The van der Waals surface area contributed by atoms with Gasteiger partial charge in [-0.15, -0.1) is 0 Å². The van der Waals surface area contributed by atoms with Crippen LogP contribution >= 0.6 is 56.8 Å². The van der Waals surface area contributed by atoms with Crippen LogP contribution in [0.2, 0.25) is 5.02 Å². The van der Waals surface area contributed by atoms with Gasteiger partial charge in [-0.1, -0.05) is 42.0 Å². The van der Waals surface area contributed by atoms with E-state index in [4.69, 9.17) is 16.3 Å². The summed E-state index contributed by atoms with van der Waals surface area (Å²) in [6.45, 7) is 0.370. The second-order valence-corrected chi connectivity index (χ2v) is 11.0. The van der Waals surface area contributed by atoms with E-state index in [0.717, 1.165) is 41.9 Å². The van der Waals surface area contributed by atoms with E-state index in [1.807, 2.05) is 36.4 Å². The van der Waals surface area contributed by atoms with Crippen LogP contribution in [0.1, 0.15) is 24.0 Å². The molecule has 4 aliphatic rings. The molecule has 4 atom stereocenters. The van der Waals surface area contributed by atoms with E-state index in [1.54, 1.807) is 6.21 Å². The largest absolute Gasteiger partial charge is 0.487 e. The van der Waals surface area contributed by atoms with Gasteiger partial charge in [-0.25, -0.2) is 0 Å². The number of amides is 2. The molecule has 1 saturated carbocycles. The van der Waals surface area contributed by atoms with Crippen molar-refractivity contribution in [1.82, 2.24) is 5.01 Å². The summed E-state index contributed by atoms with van der Waals surface area (Å²) >= 11 is 10.7. The Morgan fingerprint density at radius 2 is 1.62 bits per heavy atom. The Kier molecular flexibility index (Phi) is 6.32. The Balaban J connectivity index is 1.32. The molecule has 1 aliphatic heterocycles. The van der Waals surface area contributed by atoms with Crippen molar-refractivity contribution >= 4 is 74.8 Å². The Hall–Kier alpha value is -1.46. The molecule has 6 rings (SSSR count). The lowest BCUT2D eigenvalue weighted by molar-refractivity contribution is -0.140. The molecule has 2 aromatic rings. The lowest BCUT2D eigenvalue weighted by Gasteiger charge is -2.37. The van der Waals surface area contributed by atoms with Gasteiger partial charge in [-0.05, 0) is 93.6 Å². The molecule has 2 fully saturated rings. The monoisotopic (exact) mass is 672 g/mol. The standard InChI is InChI=1S/C24H19ClI2N2O3/c25-17-4-2-1-3-16(17)12-32-22-18(26)9-13(10-19(22)27)11-28-29-23(30)20-14-5-6-15(8-7-14)21(20)24(29)31/h1-6,9-11,14-15,20-21H,7-8,12H2/b28-11-/t14-,15-,20+,21+/m0/s1. The first-order valence-corrected chi connectivity index (χ1v) is 12.9. The normalized spacial score (nSPS) is 26.3. The Morgan fingerprint density at radius 1 is 1.03 bits per heavy atom. The summed E-state index contributed by atoms with van der Waals surface area (Å²) in [5.41, 5.74) is 1.72. The second kappa shape index (κ2) is 9.06. The summed E-state index contributed by atoms with van der Waals surface area (Å²) in [6.07, 6.45) is 7.76. The van der Waals surface area contributed by atoms with Crippen molar-refractivity contribution in [2.75, 3.05) is 0 Å². The number of benzene rings is 2.